The molecule has 0 aromatic carbocycles. The van der Waals surface area contributed by atoms with Crippen molar-refractivity contribution >= 4 is 11.9 Å². The molecule has 6 nitrogen and oxygen atoms in total. The van der Waals surface area contributed by atoms with E-state index in [1.54, 1.807) is 13.8 Å². The first-order chi connectivity index (χ1) is 9.70. The maximum atomic E-state index is 11.6. The molecule has 1 unspecified atom stereocenters. The molecule has 2 N–H and O–H groups in total. The van der Waals surface area contributed by atoms with Gasteiger partial charge in [-0.05, 0) is 39.7 Å². The molecule has 110 valence electrons. The zero-order valence-corrected chi connectivity index (χ0v) is 12.1. The highest BCUT2D eigenvalue weighted by Gasteiger charge is 2.14. The number of aryl methyl sites for hydroxylation is 1. The number of rotatable bonds is 6. The molecular weight excluding hydrogens is 256 g/mol. The van der Waals surface area contributed by atoms with Gasteiger partial charge in [0.05, 0.1) is 17.9 Å². The maximum absolute atomic E-state index is 11.6. The van der Waals surface area contributed by atoms with Gasteiger partial charge in [-0.25, -0.2) is 14.8 Å². The zero-order valence-electron chi connectivity index (χ0n) is 12.1. The van der Waals surface area contributed by atoms with E-state index in [2.05, 4.69) is 20.6 Å². The average molecular weight is 278 g/mol. The normalized spacial score (nSPS) is 18.0. The van der Waals surface area contributed by atoms with Gasteiger partial charge in [-0.3, -0.25) is 0 Å². The highest BCUT2D eigenvalue weighted by atomic mass is 16.5. The summed E-state index contributed by atoms with van der Waals surface area (Å²) in [5.74, 6) is 0.195. The van der Waals surface area contributed by atoms with Crippen molar-refractivity contribution in [1.29, 1.82) is 0 Å². The Morgan fingerprint density at radius 2 is 2.45 bits per heavy atom. The van der Waals surface area contributed by atoms with E-state index in [0.29, 0.717) is 29.9 Å². The number of nitrogens with one attached hydrogen (secondary N) is 2. The highest BCUT2D eigenvalue weighted by molar-refractivity contribution is 5.90. The first kappa shape index (κ1) is 14.7. The second kappa shape index (κ2) is 7.19. The third kappa shape index (κ3) is 3.90. The Morgan fingerprint density at radius 1 is 1.60 bits per heavy atom. The zero-order chi connectivity index (χ0) is 14.4. The Bertz CT molecular complexity index is 458. The number of aromatic nitrogens is 2. The van der Waals surface area contributed by atoms with Crippen LogP contribution in [0.1, 0.15) is 42.2 Å². The molecule has 1 aliphatic heterocycles. The third-order valence-corrected chi connectivity index (χ3v) is 3.41. The van der Waals surface area contributed by atoms with Gasteiger partial charge in [-0.1, -0.05) is 0 Å². The van der Waals surface area contributed by atoms with E-state index in [-0.39, 0.29) is 5.97 Å². The molecule has 0 spiro atoms. The minimum absolute atomic E-state index is 0.354. The lowest BCUT2D eigenvalue weighted by Gasteiger charge is -2.11. The van der Waals surface area contributed by atoms with Gasteiger partial charge < -0.3 is 15.4 Å². The van der Waals surface area contributed by atoms with E-state index in [1.807, 2.05) is 0 Å². The van der Waals surface area contributed by atoms with Crippen LogP contribution in [0, 0.1) is 6.92 Å². The molecule has 20 heavy (non-hydrogen) atoms. The van der Waals surface area contributed by atoms with Crippen LogP contribution in [0.4, 0.5) is 5.95 Å². The smallest absolute Gasteiger partial charge is 0.341 e. The van der Waals surface area contributed by atoms with Crippen LogP contribution in [-0.4, -0.2) is 41.7 Å². The Kier molecular flexibility index (Phi) is 5.29. The molecular formula is C14H22N4O2. The van der Waals surface area contributed by atoms with E-state index >= 15 is 0 Å². The predicted molar refractivity (Wildman–Crippen MR) is 76.9 cm³/mol. The van der Waals surface area contributed by atoms with E-state index in [9.17, 15) is 4.79 Å². The second-order valence-electron chi connectivity index (χ2n) is 4.92. The summed E-state index contributed by atoms with van der Waals surface area (Å²) < 4.78 is 4.95. The summed E-state index contributed by atoms with van der Waals surface area (Å²) in [6, 6.07) is 0.599. The van der Waals surface area contributed by atoms with Gasteiger partial charge in [0.15, 0.2) is 0 Å². The molecule has 1 fully saturated rings. The van der Waals surface area contributed by atoms with Gasteiger partial charge in [0.25, 0.3) is 0 Å². The lowest BCUT2D eigenvalue weighted by molar-refractivity contribution is 0.0524. The molecule has 1 aliphatic rings. The Labute approximate surface area is 119 Å². The van der Waals surface area contributed by atoms with Crippen molar-refractivity contribution < 1.29 is 9.53 Å². The van der Waals surface area contributed by atoms with E-state index in [0.717, 1.165) is 19.5 Å². The van der Waals surface area contributed by atoms with Crippen LogP contribution < -0.4 is 10.6 Å². The van der Waals surface area contributed by atoms with E-state index in [1.165, 1.54) is 19.0 Å². The summed E-state index contributed by atoms with van der Waals surface area (Å²) in [4.78, 5) is 20.1. The van der Waals surface area contributed by atoms with Crippen molar-refractivity contribution in [3.05, 3.63) is 17.5 Å². The first-order valence-corrected chi connectivity index (χ1v) is 7.18. The maximum Gasteiger partial charge on any atom is 0.341 e. The number of hydrogen-bond donors (Lipinski definition) is 2. The van der Waals surface area contributed by atoms with Crippen LogP contribution in [0.15, 0.2) is 6.20 Å². The molecule has 1 aromatic rings. The molecule has 2 heterocycles. The molecule has 0 radical (unpaired) electrons. The number of esters is 1. The Hall–Kier alpha value is -1.69. The third-order valence-electron chi connectivity index (χ3n) is 3.41. The molecule has 1 saturated heterocycles. The van der Waals surface area contributed by atoms with Crippen LogP contribution >= 0.6 is 0 Å². The summed E-state index contributed by atoms with van der Waals surface area (Å²) in [5, 5.41) is 6.65. The van der Waals surface area contributed by atoms with Crippen molar-refractivity contribution in [3.63, 3.8) is 0 Å². The van der Waals surface area contributed by atoms with Gasteiger partial charge in [-0.15, -0.1) is 0 Å². The van der Waals surface area contributed by atoms with E-state index in [4.69, 9.17) is 4.74 Å². The fraction of sp³-hybridized carbons (Fsp3) is 0.643. The van der Waals surface area contributed by atoms with Crippen LogP contribution in [0.25, 0.3) is 0 Å². The minimum Gasteiger partial charge on any atom is -0.462 e. The number of anilines is 1. The number of carbonyl (C=O) groups excluding carboxylic acids is 1. The van der Waals surface area contributed by atoms with Gasteiger partial charge in [-0.2, -0.15) is 0 Å². The van der Waals surface area contributed by atoms with Crippen molar-refractivity contribution in [2.45, 2.75) is 39.2 Å². The quantitative estimate of drug-likeness (QED) is 0.768. The van der Waals surface area contributed by atoms with Crippen LogP contribution in [0.5, 0.6) is 0 Å². The monoisotopic (exact) mass is 278 g/mol. The van der Waals surface area contributed by atoms with Crippen LogP contribution in [0.2, 0.25) is 0 Å². The SMILES string of the molecule is CCOC(=O)c1cnc(NCCC2CCCN2)nc1C. The van der Waals surface area contributed by atoms with Crippen molar-refractivity contribution in [1.82, 2.24) is 15.3 Å². The fourth-order valence-electron chi connectivity index (χ4n) is 2.32. The van der Waals surface area contributed by atoms with Gasteiger partial charge in [0, 0.05) is 18.8 Å². The van der Waals surface area contributed by atoms with Crippen molar-refractivity contribution in [2.75, 3.05) is 25.0 Å². The second-order valence-corrected chi connectivity index (χ2v) is 4.92. The number of carbonyl (C=O) groups is 1. The predicted octanol–water partition coefficient (Wildman–Crippen LogP) is 1.52. The lowest BCUT2D eigenvalue weighted by Crippen LogP contribution is -2.24. The van der Waals surface area contributed by atoms with Crippen molar-refractivity contribution in [2.24, 2.45) is 0 Å². The highest BCUT2D eigenvalue weighted by Crippen LogP contribution is 2.11. The van der Waals surface area contributed by atoms with Crippen LogP contribution in [-0.2, 0) is 4.74 Å². The number of ether oxygens (including phenoxy) is 1. The summed E-state index contributed by atoms with van der Waals surface area (Å²) in [6.07, 6.45) is 5.08. The first-order valence-electron chi connectivity index (χ1n) is 7.18. The molecule has 2 rings (SSSR count). The fourth-order valence-corrected chi connectivity index (χ4v) is 2.32. The molecule has 0 aliphatic carbocycles. The Morgan fingerprint density at radius 3 is 3.10 bits per heavy atom. The lowest BCUT2D eigenvalue weighted by atomic mass is 10.1. The summed E-state index contributed by atoms with van der Waals surface area (Å²) >= 11 is 0. The minimum atomic E-state index is -0.369. The summed E-state index contributed by atoms with van der Waals surface area (Å²) in [6.45, 7) is 5.87. The standard InChI is InChI=1S/C14H22N4O2/c1-3-20-13(19)12-9-17-14(18-10(12)2)16-8-6-11-5-4-7-15-11/h9,11,15H,3-8H2,1-2H3,(H,16,17,18). The Balaban J connectivity index is 1.86. The topological polar surface area (TPSA) is 76.1 Å². The molecule has 1 aromatic heterocycles. The molecule has 0 amide bonds. The van der Waals surface area contributed by atoms with Crippen LogP contribution in [0.3, 0.4) is 0 Å². The van der Waals surface area contributed by atoms with Crippen molar-refractivity contribution in [3.8, 4) is 0 Å². The molecule has 1 atom stereocenters. The average Bonchev–Trinajstić information content (AvgIpc) is 2.92. The summed E-state index contributed by atoms with van der Waals surface area (Å²) in [5.41, 5.74) is 1.06. The summed E-state index contributed by atoms with van der Waals surface area (Å²) in [7, 11) is 0. The van der Waals surface area contributed by atoms with E-state index < -0.39 is 0 Å². The van der Waals surface area contributed by atoms with Gasteiger partial charge in [0.2, 0.25) is 5.95 Å². The molecule has 0 bridgehead atoms. The largest absolute Gasteiger partial charge is 0.462 e. The number of nitrogens with zero attached hydrogens (tertiary/aromatic N) is 2. The van der Waals surface area contributed by atoms with Gasteiger partial charge in [0.1, 0.15) is 0 Å². The molecule has 0 saturated carbocycles. The number of hydrogen-bond acceptors (Lipinski definition) is 6. The molecule has 6 heteroatoms. The van der Waals surface area contributed by atoms with Gasteiger partial charge >= 0.3 is 5.97 Å².